The van der Waals surface area contributed by atoms with Gasteiger partial charge in [-0.1, -0.05) is 54.9 Å². The number of rotatable bonds is 4. The van der Waals surface area contributed by atoms with Crippen LogP contribution in [0.15, 0.2) is 35.5 Å². The number of carbonyl (C=O) groups excluding carboxylic acids is 1. The lowest BCUT2D eigenvalue weighted by atomic mass is 10.2. The fourth-order valence-corrected chi connectivity index (χ4v) is 3.27. The van der Waals surface area contributed by atoms with Gasteiger partial charge in [0.25, 0.3) is 0 Å². The fourth-order valence-electron chi connectivity index (χ4n) is 2.57. The van der Waals surface area contributed by atoms with Crippen LogP contribution in [0.4, 0.5) is 0 Å². The highest BCUT2D eigenvalue weighted by molar-refractivity contribution is 7.99. The first-order valence-electron chi connectivity index (χ1n) is 7.71. The molecule has 0 spiro atoms. The maximum Gasteiger partial charge on any atom is 0.233 e. The van der Waals surface area contributed by atoms with Gasteiger partial charge in [-0.05, 0) is 12.8 Å². The van der Waals surface area contributed by atoms with Crippen LogP contribution in [-0.4, -0.2) is 44.8 Å². The molecule has 6 heteroatoms. The summed E-state index contributed by atoms with van der Waals surface area (Å²) in [6, 6.07) is 9.87. The maximum absolute atomic E-state index is 12.2. The van der Waals surface area contributed by atoms with Crippen molar-refractivity contribution in [2.45, 2.75) is 30.8 Å². The first-order valence-corrected chi connectivity index (χ1v) is 8.70. The van der Waals surface area contributed by atoms with E-state index in [4.69, 9.17) is 0 Å². The minimum Gasteiger partial charge on any atom is -0.342 e. The van der Waals surface area contributed by atoms with Crippen molar-refractivity contribution in [2.24, 2.45) is 0 Å². The Balaban J connectivity index is 1.55. The number of nitrogens with one attached hydrogen (secondary N) is 1. The van der Waals surface area contributed by atoms with E-state index in [-0.39, 0.29) is 5.91 Å². The van der Waals surface area contributed by atoms with Crippen LogP contribution in [0.5, 0.6) is 0 Å². The number of aromatic nitrogens is 3. The van der Waals surface area contributed by atoms with Gasteiger partial charge < -0.3 is 4.90 Å². The molecule has 22 heavy (non-hydrogen) atoms. The molecule has 0 unspecified atom stereocenters. The summed E-state index contributed by atoms with van der Waals surface area (Å²) >= 11 is 1.40. The second-order valence-electron chi connectivity index (χ2n) is 5.42. The number of hydrogen-bond acceptors (Lipinski definition) is 4. The second-order valence-corrected chi connectivity index (χ2v) is 6.36. The van der Waals surface area contributed by atoms with Crippen LogP contribution in [0, 0.1) is 0 Å². The van der Waals surface area contributed by atoms with E-state index in [2.05, 4.69) is 15.2 Å². The van der Waals surface area contributed by atoms with Crippen molar-refractivity contribution in [2.75, 3.05) is 18.8 Å². The van der Waals surface area contributed by atoms with Crippen LogP contribution in [0.25, 0.3) is 11.4 Å². The van der Waals surface area contributed by atoms with Crippen LogP contribution < -0.4 is 0 Å². The molecule has 3 rings (SSSR count). The zero-order valence-electron chi connectivity index (χ0n) is 12.5. The van der Waals surface area contributed by atoms with Gasteiger partial charge >= 0.3 is 0 Å². The lowest BCUT2D eigenvalue weighted by molar-refractivity contribution is -0.128. The molecule has 2 heterocycles. The van der Waals surface area contributed by atoms with Gasteiger partial charge in [-0.3, -0.25) is 9.89 Å². The molecule has 1 aromatic heterocycles. The van der Waals surface area contributed by atoms with Crippen molar-refractivity contribution >= 4 is 17.7 Å². The molecule has 1 aromatic carbocycles. The molecule has 2 aromatic rings. The normalized spacial score (nSPS) is 15.5. The molecular formula is C16H20N4OS. The molecule has 0 aliphatic carbocycles. The van der Waals surface area contributed by atoms with Crippen molar-refractivity contribution in [1.29, 1.82) is 0 Å². The zero-order valence-corrected chi connectivity index (χ0v) is 13.3. The van der Waals surface area contributed by atoms with Gasteiger partial charge in [0.2, 0.25) is 11.1 Å². The van der Waals surface area contributed by atoms with Crippen molar-refractivity contribution in [3.63, 3.8) is 0 Å². The highest BCUT2D eigenvalue weighted by Gasteiger charge is 2.16. The number of likely N-dealkylation sites (tertiary alicyclic amines) is 1. The number of hydrogen-bond donors (Lipinski definition) is 1. The Hall–Kier alpha value is -1.82. The Kier molecular flexibility index (Phi) is 5.11. The lowest BCUT2D eigenvalue weighted by Gasteiger charge is -2.19. The minimum absolute atomic E-state index is 0.193. The van der Waals surface area contributed by atoms with Crippen molar-refractivity contribution in [3.05, 3.63) is 30.3 Å². The molecule has 116 valence electrons. The third-order valence-corrected chi connectivity index (χ3v) is 4.63. The summed E-state index contributed by atoms with van der Waals surface area (Å²) in [7, 11) is 0. The van der Waals surface area contributed by atoms with E-state index >= 15 is 0 Å². The Morgan fingerprint density at radius 3 is 2.59 bits per heavy atom. The number of amides is 1. The fraction of sp³-hybridized carbons (Fsp3) is 0.438. The van der Waals surface area contributed by atoms with Crippen molar-refractivity contribution < 1.29 is 4.79 Å². The first kappa shape index (κ1) is 15.1. The molecule has 1 aliphatic rings. The number of aromatic amines is 1. The zero-order chi connectivity index (χ0) is 15.2. The molecule has 1 amide bonds. The van der Waals surface area contributed by atoms with Gasteiger partial charge in [0.05, 0.1) is 5.75 Å². The summed E-state index contributed by atoms with van der Waals surface area (Å²) in [5.74, 6) is 1.34. The molecular weight excluding hydrogens is 296 g/mol. The first-order chi connectivity index (χ1) is 10.8. The summed E-state index contributed by atoms with van der Waals surface area (Å²) < 4.78 is 0. The van der Waals surface area contributed by atoms with E-state index in [0.29, 0.717) is 10.9 Å². The topological polar surface area (TPSA) is 61.9 Å². The molecule has 5 nitrogen and oxygen atoms in total. The van der Waals surface area contributed by atoms with Gasteiger partial charge in [0.15, 0.2) is 5.82 Å². The Morgan fingerprint density at radius 2 is 1.86 bits per heavy atom. The van der Waals surface area contributed by atoms with Crippen LogP contribution in [0.2, 0.25) is 0 Å². The largest absolute Gasteiger partial charge is 0.342 e. The highest BCUT2D eigenvalue weighted by Crippen LogP contribution is 2.19. The van der Waals surface area contributed by atoms with Gasteiger partial charge in [-0.25, -0.2) is 4.98 Å². The lowest BCUT2D eigenvalue weighted by Crippen LogP contribution is -2.33. The SMILES string of the molecule is O=C(CSc1n[nH]c(-c2ccccc2)n1)N1CCCCCC1. The summed E-state index contributed by atoms with van der Waals surface area (Å²) in [6.45, 7) is 1.78. The van der Waals surface area contributed by atoms with Crippen LogP contribution in [-0.2, 0) is 4.79 Å². The van der Waals surface area contributed by atoms with Crippen molar-refractivity contribution in [1.82, 2.24) is 20.1 Å². The minimum atomic E-state index is 0.193. The number of benzene rings is 1. The average molecular weight is 316 g/mol. The van der Waals surface area contributed by atoms with E-state index in [1.54, 1.807) is 0 Å². The highest BCUT2D eigenvalue weighted by atomic mass is 32.2. The number of nitrogens with zero attached hydrogens (tertiary/aromatic N) is 3. The van der Waals surface area contributed by atoms with E-state index in [0.717, 1.165) is 37.3 Å². The second kappa shape index (κ2) is 7.45. The molecule has 1 fully saturated rings. The van der Waals surface area contributed by atoms with E-state index in [9.17, 15) is 4.79 Å². The molecule has 1 saturated heterocycles. The molecule has 0 bridgehead atoms. The van der Waals surface area contributed by atoms with E-state index in [1.165, 1.54) is 24.6 Å². The van der Waals surface area contributed by atoms with Crippen LogP contribution in [0.1, 0.15) is 25.7 Å². The summed E-state index contributed by atoms with van der Waals surface area (Å²) in [6.07, 6.45) is 4.71. The van der Waals surface area contributed by atoms with Gasteiger partial charge in [0.1, 0.15) is 0 Å². The monoisotopic (exact) mass is 316 g/mol. The third-order valence-electron chi connectivity index (χ3n) is 3.80. The molecule has 1 aliphatic heterocycles. The number of H-pyrrole nitrogens is 1. The Bertz CT molecular complexity index is 606. The number of carbonyl (C=O) groups is 1. The third kappa shape index (κ3) is 3.88. The van der Waals surface area contributed by atoms with Gasteiger partial charge in [-0.2, -0.15) is 0 Å². The predicted molar refractivity (Wildman–Crippen MR) is 87.6 cm³/mol. The standard InChI is InChI=1S/C16H20N4OS/c21-14(20-10-6-1-2-7-11-20)12-22-16-17-15(18-19-16)13-8-4-3-5-9-13/h3-5,8-9H,1-2,6-7,10-12H2,(H,17,18,19). The van der Waals surface area contributed by atoms with E-state index < -0.39 is 0 Å². The molecule has 1 N–H and O–H groups in total. The van der Waals surface area contributed by atoms with Crippen LogP contribution in [0.3, 0.4) is 0 Å². The quantitative estimate of drug-likeness (QED) is 0.881. The smallest absolute Gasteiger partial charge is 0.233 e. The summed E-state index contributed by atoms with van der Waals surface area (Å²) in [5.41, 5.74) is 1.00. The summed E-state index contributed by atoms with van der Waals surface area (Å²) in [5, 5.41) is 7.74. The van der Waals surface area contributed by atoms with Gasteiger partial charge in [-0.15, -0.1) is 5.10 Å². The van der Waals surface area contributed by atoms with Crippen LogP contribution >= 0.6 is 11.8 Å². The number of thioether (sulfide) groups is 1. The average Bonchev–Trinajstić information content (AvgIpc) is 2.87. The van der Waals surface area contributed by atoms with Gasteiger partial charge in [0, 0.05) is 18.7 Å². The molecule has 0 radical (unpaired) electrons. The molecule has 0 saturated carbocycles. The summed E-state index contributed by atoms with van der Waals surface area (Å²) in [4.78, 5) is 18.7. The molecule has 0 atom stereocenters. The van der Waals surface area contributed by atoms with Crippen molar-refractivity contribution in [3.8, 4) is 11.4 Å². The van der Waals surface area contributed by atoms with E-state index in [1.807, 2.05) is 35.2 Å². The maximum atomic E-state index is 12.2. The Labute approximate surface area is 134 Å². The Morgan fingerprint density at radius 1 is 1.14 bits per heavy atom. The predicted octanol–water partition coefficient (Wildman–Crippen LogP) is 2.97.